The first kappa shape index (κ1) is 15.5. The van der Waals surface area contributed by atoms with Crippen molar-refractivity contribution in [3.8, 4) is 23.7 Å². The van der Waals surface area contributed by atoms with Gasteiger partial charge < -0.3 is 14.2 Å². The summed E-state index contributed by atoms with van der Waals surface area (Å²) in [4.78, 5) is 11.8. The zero-order valence-electron chi connectivity index (χ0n) is 12.7. The molecule has 1 spiro atoms. The van der Waals surface area contributed by atoms with Crippen LogP contribution in [0.15, 0.2) is 48.0 Å². The second-order valence-electron chi connectivity index (χ2n) is 4.87. The SMILES string of the molecule is CC#CC#C/C=C1\C=C[C@]2(OC=C[C@H]2OC(=O)C=C(C)C)O1. The highest BCUT2D eigenvalue weighted by atomic mass is 16.7. The number of carbonyl (C=O) groups is 1. The van der Waals surface area contributed by atoms with Gasteiger partial charge in [-0.3, -0.25) is 0 Å². The average Bonchev–Trinajstić information content (AvgIpc) is 3.03. The van der Waals surface area contributed by atoms with E-state index in [9.17, 15) is 4.79 Å². The van der Waals surface area contributed by atoms with E-state index in [-0.39, 0.29) is 0 Å². The van der Waals surface area contributed by atoms with Gasteiger partial charge in [-0.15, -0.1) is 0 Å². The van der Waals surface area contributed by atoms with Gasteiger partial charge in [0.15, 0.2) is 0 Å². The Balaban J connectivity index is 2.07. The zero-order chi connectivity index (χ0) is 16.0. The molecule has 0 amide bonds. The van der Waals surface area contributed by atoms with Crippen molar-refractivity contribution in [2.45, 2.75) is 32.7 Å². The van der Waals surface area contributed by atoms with E-state index in [1.807, 2.05) is 13.8 Å². The van der Waals surface area contributed by atoms with Crippen LogP contribution in [0.2, 0.25) is 0 Å². The standard InChI is InChI=1S/C18H16O4/c1-4-5-6-7-8-15-9-11-18(22-15)16(10-12-20-18)21-17(19)13-14(2)3/h8-13,16H,1-3H3/b15-8+/t16-,18+/m1/s1. The van der Waals surface area contributed by atoms with Crippen LogP contribution in [0.4, 0.5) is 0 Å². The smallest absolute Gasteiger partial charge is 0.331 e. The molecule has 0 fully saturated rings. The predicted molar refractivity (Wildman–Crippen MR) is 81.8 cm³/mol. The highest BCUT2D eigenvalue weighted by molar-refractivity contribution is 5.83. The summed E-state index contributed by atoms with van der Waals surface area (Å²) in [7, 11) is 0. The molecule has 0 saturated heterocycles. The van der Waals surface area contributed by atoms with E-state index in [1.165, 1.54) is 12.3 Å². The lowest BCUT2D eigenvalue weighted by Gasteiger charge is -2.27. The van der Waals surface area contributed by atoms with E-state index < -0.39 is 17.9 Å². The van der Waals surface area contributed by atoms with Crippen LogP contribution in [0.1, 0.15) is 20.8 Å². The summed E-state index contributed by atoms with van der Waals surface area (Å²) in [5.74, 6) is 9.67. The minimum atomic E-state index is -1.14. The van der Waals surface area contributed by atoms with Crippen LogP contribution < -0.4 is 0 Å². The molecule has 2 rings (SSSR count). The molecule has 0 aromatic rings. The van der Waals surface area contributed by atoms with Crippen molar-refractivity contribution < 1.29 is 19.0 Å². The topological polar surface area (TPSA) is 44.8 Å². The first-order valence-corrected chi connectivity index (χ1v) is 6.76. The van der Waals surface area contributed by atoms with E-state index in [1.54, 1.807) is 31.2 Å². The molecule has 2 aliphatic rings. The van der Waals surface area contributed by atoms with Gasteiger partial charge in [0.25, 0.3) is 0 Å². The number of carbonyl (C=O) groups excluding carboxylic acids is 1. The third-order valence-electron chi connectivity index (χ3n) is 2.78. The summed E-state index contributed by atoms with van der Waals surface area (Å²) in [5, 5.41) is 0. The lowest BCUT2D eigenvalue weighted by molar-refractivity contribution is -0.187. The number of ether oxygens (including phenoxy) is 3. The van der Waals surface area contributed by atoms with E-state index in [0.29, 0.717) is 5.76 Å². The number of hydrogen-bond acceptors (Lipinski definition) is 4. The summed E-state index contributed by atoms with van der Waals surface area (Å²) in [6, 6.07) is 0. The fourth-order valence-electron chi connectivity index (χ4n) is 1.88. The van der Waals surface area contributed by atoms with Crippen LogP contribution in [-0.2, 0) is 19.0 Å². The maximum Gasteiger partial charge on any atom is 0.331 e. The molecule has 0 aromatic carbocycles. The van der Waals surface area contributed by atoms with Crippen molar-refractivity contribution in [2.75, 3.05) is 0 Å². The minimum Gasteiger partial charge on any atom is -0.453 e. The Kier molecular flexibility index (Phi) is 4.76. The van der Waals surface area contributed by atoms with Crippen LogP contribution in [0.5, 0.6) is 0 Å². The Morgan fingerprint density at radius 3 is 2.95 bits per heavy atom. The van der Waals surface area contributed by atoms with Crippen LogP contribution in [0.25, 0.3) is 0 Å². The Morgan fingerprint density at radius 1 is 1.41 bits per heavy atom. The zero-order valence-corrected chi connectivity index (χ0v) is 12.7. The predicted octanol–water partition coefficient (Wildman–Crippen LogP) is 2.60. The fourth-order valence-corrected chi connectivity index (χ4v) is 1.88. The molecule has 0 unspecified atom stereocenters. The molecule has 112 valence electrons. The third kappa shape index (κ3) is 3.62. The number of hydrogen-bond donors (Lipinski definition) is 0. The second-order valence-corrected chi connectivity index (χ2v) is 4.87. The normalized spacial score (nSPS) is 25.6. The lowest BCUT2D eigenvalue weighted by Crippen LogP contribution is -2.40. The highest BCUT2D eigenvalue weighted by Crippen LogP contribution is 2.36. The molecule has 4 nitrogen and oxygen atoms in total. The molecule has 0 aliphatic carbocycles. The summed E-state index contributed by atoms with van der Waals surface area (Å²) in [5.41, 5.74) is 0.859. The van der Waals surface area contributed by atoms with Crippen LogP contribution >= 0.6 is 0 Å². The first-order chi connectivity index (χ1) is 10.6. The van der Waals surface area contributed by atoms with E-state index >= 15 is 0 Å². The van der Waals surface area contributed by atoms with E-state index in [0.717, 1.165) is 5.57 Å². The van der Waals surface area contributed by atoms with Gasteiger partial charge in [-0.25, -0.2) is 4.79 Å². The molecule has 22 heavy (non-hydrogen) atoms. The fraction of sp³-hybridized carbons (Fsp3) is 0.278. The van der Waals surface area contributed by atoms with Gasteiger partial charge in [0.2, 0.25) is 6.10 Å². The van der Waals surface area contributed by atoms with E-state index in [2.05, 4.69) is 23.7 Å². The monoisotopic (exact) mass is 296 g/mol. The van der Waals surface area contributed by atoms with Gasteiger partial charge in [-0.05, 0) is 44.8 Å². The maximum atomic E-state index is 11.8. The molecule has 0 bridgehead atoms. The minimum absolute atomic E-state index is 0.438. The molecule has 2 heterocycles. The third-order valence-corrected chi connectivity index (χ3v) is 2.78. The lowest BCUT2D eigenvalue weighted by atomic mass is 10.1. The Morgan fingerprint density at radius 2 is 2.23 bits per heavy atom. The molecule has 0 saturated carbocycles. The van der Waals surface area contributed by atoms with Crippen LogP contribution in [0, 0.1) is 23.7 Å². The number of allylic oxidation sites excluding steroid dienone is 3. The summed E-state index contributed by atoms with van der Waals surface area (Å²) in [6.45, 7) is 5.36. The van der Waals surface area contributed by atoms with Crippen molar-refractivity contribution in [1.29, 1.82) is 0 Å². The highest BCUT2D eigenvalue weighted by Gasteiger charge is 2.48. The summed E-state index contributed by atoms with van der Waals surface area (Å²) >= 11 is 0. The molecular weight excluding hydrogens is 280 g/mol. The molecule has 4 heteroatoms. The summed E-state index contributed by atoms with van der Waals surface area (Å²) in [6.07, 6.45) is 8.88. The first-order valence-electron chi connectivity index (χ1n) is 6.76. The average molecular weight is 296 g/mol. The van der Waals surface area contributed by atoms with Gasteiger partial charge in [0.1, 0.15) is 5.76 Å². The van der Waals surface area contributed by atoms with Gasteiger partial charge in [0.05, 0.1) is 6.26 Å². The van der Waals surface area contributed by atoms with Crippen molar-refractivity contribution in [3.63, 3.8) is 0 Å². The van der Waals surface area contributed by atoms with Crippen molar-refractivity contribution >= 4 is 5.97 Å². The molecule has 0 N–H and O–H groups in total. The van der Waals surface area contributed by atoms with E-state index in [4.69, 9.17) is 14.2 Å². The summed E-state index contributed by atoms with van der Waals surface area (Å²) < 4.78 is 16.6. The van der Waals surface area contributed by atoms with Gasteiger partial charge in [0, 0.05) is 18.2 Å². The van der Waals surface area contributed by atoms with Gasteiger partial charge >= 0.3 is 11.8 Å². The van der Waals surface area contributed by atoms with Gasteiger partial charge in [-0.2, -0.15) is 0 Å². The number of rotatable bonds is 2. The molecule has 2 aliphatic heterocycles. The number of esters is 1. The maximum absolute atomic E-state index is 11.8. The quantitative estimate of drug-likeness (QED) is 0.446. The Bertz CT molecular complexity index is 697. The Hall–Kier alpha value is -2.85. The molecule has 0 aromatic heterocycles. The molecule has 2 atom stereocenters. The van der Waals surface area contributed by atoms with Crippen LogP contribution in [0.3, 0.4) is 0 Å². The Labute approximate surface area is 130 Å². The van der Waals surface area contributed by atoms with Gasteiger partial charge in [-0.1, -0.05) is 17.4 Å². The molecule has 0 radical (unpaired) electrons. The second kappa shape index (κ2) is 6.74. The molecular formula is C18H16O4. The largest absolute Gasteiger partial charge is 0.453 e. The van der Waals surface area contributed by atoms with Crippen LogP contribution in [-0.4, -0.2) is 17.9 Å². The van der Waals surface area contributed by atoms with Crippen molar-refractivity contribution in [3.05, 3.63) is 48.0 Å². The van der Waals surface area contributed by atoms with Crippen molar-refractivity contribution in [1.82, 2.24) is 0 Å². The van der Waals surface area contributed by atoms with Crippen molar-refractivity contribution in [2.24, 2.45) is 0 Å².